The monoisotopic (exact) mass is 227 g/mol. The standard InChI is InChI=1S/C8H13N5O3/c1-5-12-6(13-16-5)3-10-8(15)4-11-7(14)2-9/h2-4,9H2,1H3,(H,10,15)(H,11,14). The highest BCUT2D eigenvalue weighted by atomic mass is 16.5. The molecule has 2 amide bonds. The SMILES string of the molecule is Cc1nc(CNC(=O)CNC(=O)CN)no1. The summed E-state index contributed by atoms with van der Waals surface area (Å²) in [5.74, 6) is 0.0893. The highest BCUT2D eigenvalue weighted by Crippen LogP contribution is 1.93. The Morgan fingerprint density at radius 3 is 2.69 bits per heavy atom. The van der Waals surface area contributed by atoms with E-state index in [1.807, 2.05) is 0 Å². The van der Waals surface area contributed by atoms with Gasteiger partial charge in [0, 0.05) is 6.92 Å². The largest absolute Gasteiger partial charge is 0.347 e. The van der Waals surface area contributed by atoms with E-state index in [1.165, 1.54) is 0 Å². The molecule has 8 heteroatoms. The molecule has 0 aliphatic rings. The molecule has 8 nitrogen and oxygen atoms in total. The molecule has 0 aliphatic carbocycles. The molecule has 4 N–H and O–H groups in total. The van der Waals surface area contributed by atoms with E-state index in [4.69, 9.17) is 10.3 Å². The molecular weight excluding hydrogens is 214 g/mol. The van der Waals surface area contributed by atoms with E-state index in [2.05, 4.69) is 20.8 Å². The van der Waals surface area contributed by atoms with Gasteiger partial charge in [0.1, 0.15) is 0 Å². The fraction of sp³-hybridized carbons (Fsp3) is 0.500. The Morgan fingerprint density at radius 2 is 2.12 bits per heavy atom. The Labute approximate surface area is 91.6 Å². The first-order valence-corrected chi connectivity index (χ1v) is 4.64. The highest BCUT2D eigenvalue weighted by molar-refractivity contribution is 5.85. The third-order valence-electron chi connectivity index (χ3n) is 1.64. The van der Waals surface area contributed by atoms with Crippen LogP contribution in [0, 0.1) is 6.92 Å². The molecule has 0 fully saturated rings. The predicted molar refractivity (Wildman–Crippen MR) is 52.9 cm³/mol. The molecule has 88 valence electrons. The summed E-state index contributed by atoms with van der Waals surface area (Å²) < 4.78 is 4.71. The lowest BCUT2D eigenvalue weighted by atomic mass is 10.5. The highest BCUT2D eigenvalue weighted by Gasteiger charge is 2.06. The summed E-state index contributed by atoms with van der Waals surface area (Å²) in [4.78, 5) is 25.8. The first-order valence-electron chi connectivity index (χ1n) is 4.64. The maximum Gasteiger partial charge on any atom is 0.239 e. The summed E-state index contributed by atoms with van der Waals surface area (Å²) in [6.07, 6.45) is 0. The lowest BCUT2D eigenvalue weighted by molar-refractivity contribution is -0.125. The van der Waals surface area contributed by atoms with Crippen molar-refractivity contribution in [2.24, 2.45) is 5.73 Å². The number of nitrogens with zero attached hydrogens (tertiary/aromatic N) is 2. The van der Waals surface area contributed by atoms with E-state index in [-0.39, 0.29) is 31.4 Å². The minimum Gasteiger partial charge on any atom is -0.347 e. The minimum atomic E-state index is -0.384. The lowest BCUT2D eigenvalue weighted by Crippen LogP contribution is -2.39. The third-order valence-corrected chi connectivity index (χ3v) is 1.64. The van der Waals surface area contributed by atoms with Crippen LogP contribution in [0.5, 0.6) is 0 Å². The molecule has 0 aliphatic heterocycles. The van der Waals surface area contributed by atoms with E-state index in [1.54, 1.807) is 6.92 Å². The van der Waals surface area contributed by atoms with Gasteiger partial charge in [0.05, 0.1) is 19.6 Å². The Morgan fingerprint density at radius 1 is 1.38 bits per heavy atom. The smallest absolute Gasteiger partial charge is 0.239 e. The van der Waals surface area contributed by atoms with Crippen LogP contribution in [-0.4, -0.2) is 35.0 Å². The van der Waals surface area contributed by atoms with Gasteiger partial charge in [-0.1, -0.05) is 5.16 Å². The fourth-order valence-electron chi connectivity index (χ4n) is 0.904. The van der Waals surface area contributed by atoms with Gasteiger partial charge in [0.25, 0.3) is 0 Å². The second-order valence-electron chi connectivity index (χ2n) is 2.99. The van der Waals surface area contributed by atoms with E-state index in [0.29, 0.717) is 11.7 Å². The average molecular weight is 227 g/mol. The summed E-state index contributed by atoms with van der Waals surface area (Å²) >= 11 is 0. The molecule has 0 radical (unpaired) electrons. The number of nitrogens with one attached hydrogen (secondary N) is 2. The topological polar surface area (TPSA) is 123 Å². The Hall–Kier alpha value is -1.96. The first-order chi connectivity index (χ1) is 7.61. The van der Waals surface area contributed by atoms with Crippen molar-refractivity contribution in [3.8, 4) is 0 Å². The summed E-state index contributed by atoms with van der Waals surface area (Å²) in [5, 5.41) is 8.44. The van der Waals surface area contributed by atoms with Crippen LogP contribution in [0.1, 0.15) is 11.7 Å². The van der Waals surface area contributed by atoms with Gasteiger partial charge in [0.15, 0.2) is 5.82 Å². The Balaban J connectivity index is 2.22. The summed E-state index contributed by atoms with van der Waals surface area (Å²) in [7, 11) is 0. The van der Waals surface area contributed by atoms with Gasteiger partial charge in [-0.05, 0) is 0 Å². The van der Waals surface area contributed by atoms with Crippen LogP contribution in [0.25, 0.3) is 0 Å². The third kappa shape index (κ3) is 4.05. The number of hydrogen-bond acceptors (Lipinski definition) is 6. The molecule has 0 aromatic carbocycles. The molecule has 1 aromatic rings. The van der Waals surface area contributed by atoms with Crippen LogP contribution in [0.4, 0.5) is 0 Å². The molecule has 0 unspecified atom stereocenters. The number of carbonyl (C=O) groups excluding carboxylic acids is 2. The molecule has 0 bridgehead atoms. The van der Waals surface area contributed by atoms with Gasteiger partial charge in [-0.2, -0.15) is 4.98 Å². The second kappa shape index (κ2) is 5.81. The van der Waals surface area contributed by atoms with Crippen molar-refractivity contribution >= 4 is 11.8 Å². The number of hydrogen-bond donors (Lipinski definition) is 3. The predicted octanol–water partition coefficient (Wildman–Crippen LogP) is -1.93. The van der Waals surface area contributed by atoms with E-state index < -0.39 is 0 Å². The van der Waals surface area contributed by atoms with Crippen molar-refractivity contribution in [2.75, 3.05) is 13.1 Å². The molecule has 1 aromatic heterocycles. The van der Waals surface area contributed by atoms with Crippen molar-refractivity contribution in [2.45, 2.75) is 13.5 Å². The molecule has 16 heavy (non-hydrogen) atoms. The maximum atomic E-state index is 11.2. The van der Waals surface area contributed by atoms with Crippen LogP contribution >= 0.6 is 0 Å². The number of nitrogens with two attached hydrogens (primary N) is 1. The number of aryl methyl sites for hydroxylation is 1. The van der Waals surface area contributed by atoms with Crippen molar-refractivity contribution in [1.29, 1.82) is 0 Å². The van der Waals surface area contributed by atoms with Crippen molar-refractivity contribution in [3.05, 3.63) is 11.7 Å². The average Bonchev–Trinajstić information content (AvgIpc) is 2.69. The van der Waals surface area contributed by atoms with E-state index in [9.17, 15) is 9.59 Å². The van der Waals surface area contributed by atoms with Gasteiger partial charge >= 0.3 is 0 Å². The number of amides is 2. The van der Waals surface area contributed by atoms with Gasteiger partial charge in [0.2, 0.25) is 17.7 Å². The molecule has 0 saturated heterocycles. The van der Waals surface area contributed by atoms with Gasteiger partial charge < -0.3 is 20.9 Å². The minimum absolute atomic E-state index is 0.118. The molecule has 0 spiro atoms. The van der Waals surface area contributed by atoms with Crippen LogP contribution in [0.15, 0.2) is 4.52 Å². The number of rotatable bonds is 5. The molecular formula is C8H13N5O3. The van der Waals surface area contributed by atoms with Crippen LogP contribution < -0.4 is 16.4 Å². The Kier molecular flexibility index (Phi) is 4.40. The first kappa shape index (κ1) is 12.1. The molecule has 1 rings (SSSR count). The van der Waals surface area contributed by atoms with Gasteiger partial charge in [-0.25, -0.2) is 0 Å². The summed E-state index contributed by atoms with van der Waals surface area (Å²) in [5.41, 5.74) is 5.05. The second-order valence-corrected chi connectivity index (χ2v) is 2.99. The molecule has 0 saturated carbocycles. The number of aromatic nitrogens is 2. The van der Waals surface area contributed by atoms with Gasteiger partial charge in [-0.15, -0.1) is 0 Å². The Bertz CT molecular complexity index is 376. The maximum absolute atomic E-state index is 11.2. The normalized spacial score (nSPS) is 9.88. The van der Waals surface area contributed by atoms with Gasteiger partial charge in [-0.3, -0.25) is 9.59 Å². The quantitative estimate of drug-likeness (QED) is 0.538. The zero-order chi connectivity index (χ0) is 12.0. The van der Waals surface area contributed by atoms with Crippen molar-refractivity contribution in [1.82, 2.24) is 20.8 Å². The van der Waals surface area contributed by atoms with E-state index in [0.717, 1.165) is 0 Å². The molecule has 1 heterocycles. The number of carbonyl (C=O) groups is 2. The van der Waals surface area contributed by atoms with Crippen LogP contribution in [0.2, 0.25) is 0 Å². The van der Waals surface area contributed by atoms with Crippen molar-refractivity contribution < 1.29 is 14.1 Å². The summed E-state index contributed by atoms with van der Waals surface area (Å²) in [6, 6.07) is 0. The zero-order valence-electron chi connectivity index (χ0n) is 8.82. The fourth-order valence-corrected chi connectivity index (χ4v) is 0.904. The molecule has 0 atom stereocenters. The zero-order valence-corrected chi connectivity index (χ0v) is 8.82. The summed E-state index contributed by atoms with van der Waals surface area (Å²) in [6.45, 7) is 1.55. The lowest BCUT2D eigenvalue weighted by Gasteiger charge is -2.03. The van der Waals surface area contributed by atoms with Crippen LogP contribution in [-0.2, 0) is 16.1 Å². The van der Waals surface area contributed by atoms with Crippen molar-refractivity contribution in [3.63, 3.8) is 0 Å². The van der Waals surface area contributed by atoms with Crippen LogP contribution in [0.3, 0.4) is 0 Å². The van der Waals surface area contributed by atoms with E-state index >= 15 is 0 Å².